The summed E-state index contributed by atoms with van der Waals surface area (Å²) in [6, 6.07) is 7.93. The summed E-state index contributed by atoms with van der Waals surface area (Å²) in [7, 11) is 0. The molecule has 0 radical (unpaired) electrons. The molecule has 0 saturated heterocycles. The lowest BCUT2D eigenvalue weighted by Crippen LogP contribution is -2.32. The number of carbonyl (C=O) groups is 1. The molecule has 17 heavy (non-hydrogen) atoms. The second-order valence-corrected chi connectivity index (χ2v) is 4.35. The van der Waals surface area contributed by atoms with Gasteiger partial charge in [-0.25, -0.2) is 0 Å². The van der Waals surface area contributed by atoms with E-state index in [1.165, 1.54) is 5.56 Å². The van der Waals surface area contributed by atoms with E-state index in [-0.39, 0.29) is 11.9 Å². The lowest BCUT2D eigenvalue weighted by atomic mass is 10.1. The van der Waals surface area contributed by atoms with E-state index in [4.69, 9.17) is 5.73 Å². The lowest BCUT2D eigenvalue weighted by molar-refractivity contribution is 0.0939. The van der Waals surface area contributed by atoms with Crippen LogP contribution in [0, 0.1) is 0 Å². The quantitative estimate of drug-likeness (QED) is 0.772. The van der Waals surface area contributed by atoms with Crippen LogP contribution in [0.25, 0.3) is 0 Å². The van der Waals surface area contributed by atoms with Crippen molar-refractivity contribution < 1.29 is 4.79 Å². The van der Waals surface area contributed by atoms with Crippen LogP contribution in [-0.4, -0.2) is 18.5 Å². The average Bonchev–Trinajstić information content (AvgIpc) is 2.83. The van der Waals surface area contributed by atoms with Gasteiger partial charge in [-0.05, 0) is 43.5 Å². The molecular formula is C14H18N2O. The maximum Gasteiger partial charge on any atom is 0.251 e. The molecule has 0 aliphatic heterocycles. The average molecular weight is 230 g/mol. The molecule has 0 bridgehead atoms. The molecule has 0 fully saturated rings. The van der Waals surface area contributed by atoms with Crippen LogP contribution in [-0.2, 0) is 6.42 Å². The Morgan fingerprint density at radius 2 is 1.88 bits per heavy atom. The Morgan fingerprint density at radius 3 is 2.47 bits per heavy atom. The van der Waals surface area contributed by atoms with Gasteiger partial charge in [-0.2, -0.15) is 0 Å². The minimum absolute atomic E-state index is 0.0120. The van der Waals surface area contributed by atoms with E-state index >= 15 is 0 Å². The van der Waals surface area contributed by atoms with E-state index in [9.17, 15) is 4.79 Å². The highest BCUT2D eigenvalue weighted by Crippen LogP contribution is 2.11. The Labute approximate surface area is 102 Å². The molecule has 1 aliphatic carbocycles. The van der Waals surface area contributed by atoms with Gasteiger partial charge in [0.2, 0.25) is 0 Å². The summed E-state index contributed by atoms with van der Waals surface area (Å²) >= 11 is 0. The van der Waals surface area contributed by atoms with Gasteiger partial charge in [0.25, 0.3) is 5.91 Å². The summed E-state index contributed by atoms with van der Waals surface area (Å²) in [6.07, 6.45) is 6.95. The van der Waals surface area contributed by atoms with Gasteiger partial charge < -0.3 is 11.1 Å². The number of carbonyl (C=O) groups excluding carboxylic acids is 1. The second-order valence-electron chi connectivity index (χ2n) is 4.35. The first kappa shape index (κ1) is 11.9. The van der Waals surface area contributed by atoms with Crippen molar-refractivity contribution in [2.24, 2.45) is 5.73 Å². The molecule has 3 N–H and O–H groups in total. The van der Waals surface area contributed by atoms with Crippen LogP contribution < -0.4 is 11.1 Å². The highest BCUT2D eigenvalue weighted by Gasteiger charge is 2.14. The topological polar surface area (TPSA) is 55.1 Å². The van der Waals surface area contributed by atoms with Crippen molar-refractivity contribution in [3.8, 4) is 0 Å². The molecule has 2 rings (SSSR count). The van der Waals surface area contributed by atoms with Crippen LogP contribution in [0.5, 0.6) is 0 Å². The molecule has 0 heterocycles. The largest absolute Gasteiger partial charge is 0.349 e. The number of hydrogen-bond acceptors (Lipinski definition) is 2. The molecule has 1 amide bonds. The first-order valence-electron chi connectivity index (χ1n) is 6.04. The number of benzene rings is 1. The summed E-state index contributed by atoms with van der Waals surface area (Å²) < 4.78 is 0. The molecule has 0 spiro atoms. The van der Waals surface area contributed by atoms with E-state index in [2.05, 4.69) is 17.5 Å². The molecular weight excluding hydrogens is 212 g/mol. The van der Waals surface area contributed by atoms with Gasteiger partial charge in [-0.3, -0.25) is 4.79 Å². The summed E-state index contributed by atoms with van der Waals surface area (Å²) in [5.41, 5.74) is 7.37. The third-order valence-corrected chi connectivity index (χ3v) is 2.99. The molecule has 0 unspecified atom stereocenters. The molecule has 0 saturated carbocycles. The van der Waals surface area contributed by atoms with Crippen molar-refractivity contribution in [1.29, 1.82) is 0 Å². The smallest absolute Gasteiger partial charge is 0.251 e. The lowest BCUT2D eigenvalue weighted by Gasteiger charge is -2.12. The van der Waals surface area contributed by atoms with Gasteiger partial charge in [0.15, 0.2) is 0 Å². The fourth-order valence-electron chi connectivity index (χ4n) is 1.99. The second kappa shape index (κ2) is 5.64. The van der Waals surface area contributed by atoms with E-state index < -0.39 is 0 Å². The zero-order chi connectivity index (χ0) is 12.1. The summed E-state index contributed by atoms with van der Waals surface area (Å²) in [6.45, 7) is 0.638. The van der Waals surface area contributed by atoms with E-state index in [0.29, 0.717) is 6.54 Å². The van der Waals surface area contributed by atoms with Crippen LogP contribution in [0.1, 0.15) is 28.8 Å². The summed E-state index contributed by atoms with van der Waals surface area (Å²) in [5.74, 6) is 0.0120. The number of nitrogens with two attached hydrogens (primary N) is 1. The number of amides is 1. The van der Waals surface area contributed by atoms with Crippen molar-refractivity contribution in [3.05, 3.63) is 47.5 Å². The van der Waals surface area contributed by atoms with Crippen molar-refractivity contribution in [3.63, 3.8) is 0 Å². The van der Waals surface area contributed by atoms with Gasteiger partial charge in [-0.15, -0.1) is 0 Å². The normalized spacial score (nSPS) is 15.1. The van der Waals surface area contributed by atoms with Crippen molar-refractivity contribution in [1.82, 2.24) is 5.32 Å². The molecule has 3 nitrogen and oxygen atoms in total. The Bertz CT molecular complexity index is 401. The monoisotopic (exact) mass is 230 g/mol. The van der Waals surface area contributed by atoms with Gasteiger partial charge in [-0.1, -0.05) is 24.3 Å². The zero-order valence-corrected chi connectivity index (χ0v) is 9.86. The number of rotatable bonds is 4. The van der Waals surface area contributed by atoms with Gasteiger partial charge in [0.05, 0.1) is 0 Å². The van der Waals surface area contributed by atoms with Gasteiger partial charge in [0.1, 0.15) is 0 Å². The Kier molecular flexibility index (Phi) is 3.94. The third kappa shape index (κ3) is 3.17. The fraction of sp³-hybridized carbons (Fsp3) is 0.357. The minimum atomic E-state index is 0.0120. The SMILES string of the molecule is NCCc1ccc(C(=O)NC2CC=CC2)cc1. The van der Waals surface area contributed by atoms with Crippen molar-refractivity contribution in [2.45, 2.75) is 25.3 Å². The Morgan fingerprint density at radius 1 is 1.24 bits per heavy atom. The highest BCUT2D eigenvalue weighted by molar-refractivity contribution is 5.94. The predicted molar refractivity (Wildman–Crippen MR) is 68.8 cm³/mol. The van der Waals surface area contributed by atoms with E-state index in [1.54, 1.807) is 0 Å². The van der Waals surface area contributed by atoms with Crippen LogP contribution in [0.3, 0.4) is 0 Å². The fourth-order valence-corrected chi connectivity index (χ4v) is 1.99. The van der Waals surface area contributed by atoms with Crippen LogP contribution in [0.2, 0.25) is 0 Å². The Hall–Kier alpha value is -1.61. The molecule has 1 aliphatic rings. The summed E-state index contributed by atoms with van der Waals surface area (Å²) in [4.78, 5) is 11.9. The molecule has 0 aromatic heterocycles. The standard InChI is InChI=1S/C14H18N2O/c15-10-9-11-5-7-12(8-6-11)14(17)16-13-3-1-2-4-13/h1-2,5-8,13H,3-4,9-10,15H2,(H,16,17). The molecule has 3 heteroatoms. The van der Waals surface area contributed by atoms with Gasteiger partial charge in [0, 0.05) is 11.6 Å². The highest BCUT2D eigenvalue weighted by atomic mass is 16.1. The molecule has 1 aromatic rings. The third-order valence-electron chi connectivity index (χ3n) is 2.99. The molecule has 1 aromatic carbocycles. The maximum absolute atomic E-state index is 11.9. The first-order chi connectivity index (χ1) is 8.29. The van der Waals surface area contributed by atoms with E-state index in [0.717, 1.165) is 24.8 Å². The van der Waals surface area contributed by atoms with Crippen LogP contribution >= 0.6 is 0 Å². The zero-order valence-electron chi connectivity index (χ0n) is 9.86. The molecule has 0 atom stereocenters. The van der Waals surface area contributed by atoms with Crippen LogP contribution in [0.15, 0.2) is 36.4 Å². The number of nitrogens with one attached hydrogen (secondary N) is 1. The van der Waals surface area contributed by atoms with Crippen molar-refractivity contribution >= 4 is 5.91 Å². The predicted octanol–water partition coefficient (Wildman–Crippen LogP) is 1.64. The molecule has 90 valence electrons. The maximum atomic E-state index is 11.9. The van der Waals surface area contributed by atoms with E-state index in [1.807, 2.05) is 24.3 Å². The van der Waals surface area contributed by atoms with Gasteiger partial charge >= 0.3 is 0 Å². The number of hydrogen-bond donors (Lipinski definition) is 2. The van der Waals surface area contributed by atoms with Crippen LogP contribution in [0.4, 0.5) is 0 Å². The van der Waals surface area contributed by atoms with Crippen molar-refractivity contribution in [2.75, 3.05) is 6.54 Å². The Balaban J connectivity index is 1.94. The first-order valence-corrected chi connectivity index (χ1v) is 6.04. The summed E-state index contributed by atoms with van der Waals surface area (Å²) in [5, 5.41) is 3.02. The minimum Gasteiger partial charge on any atom is -0.349 e.